The SMILES string of the molecule is FC(F)(F)c1nccn1-c1cccc(Br)c1OCc1ccccc1. The van der Waals surface area contributed by atoms with Crippen LogP contribution in [0.4, 0.5) is 13.2 Å². The van der Waals surface area contributed by atoms with E-state index in [4.69, 9.17) is 4.74 Å². The number of hydrogen-bond acceptors (Lipinski definition) is 2. The number of aromatic nitrogens is 2. The van der Waals surface area contributed by atoms with E-state index in [9.17, 15) is 13.2 Å². The zero-order valence-corrected chi connectivity index (χ0v) is 13.9. The molecule has 0 bridgehead atoms. The van der Waals surface area contributed by atoms with Gasteiger partial charge in [0.1, 0.15) is 6.61 Å². The highest BCUT2D eigenvalue weighted by Crippen LogP contribution is 2.36. The summed E-state index contributed by atoms with van der Waals surface area (Å²) in [6.07, 6.45) is -2.17. The van der Waals surface area contributed by atoms with Gasteiger partial charge in [0.25, 0.3) is 0 Å². The van der Waals surface area contributed by atoms with E-state index in [1.807, 2.05) is 30.3 Å². The normalized spacial score (nSPS) is 11.5. The minimum Gasteiger partial charge on any atom is -0.486 e. The average molecular weight is 397 g/mol. The first-order valence-corrected chi connectivity index (χ1v) is 7.82. The first-order chi connectivity index (χ1) is 11.5. The quantitative estimate of drug-likeness (QED) is 0.603. The fourth-order valence-electron chi connectivity index (χ4n) is 2.27. The van der Waals surface area contributed by atoms with E-state index < -0.39 is 12.0 Å². The zero-order chi connectivity index (χ0) is 17.2. The number of nitrogens with zero attached hydrogens (tertiary/aromatic N) is 2. The van der Waals surface area contributed by atoms with Crippen LogP contribution in [-0.4, -0.2) is 9.55 Å². The second kappa shape index (κ2) is 6.68. The van der Waals surface area contributed by atoms with Crippen LogP contribution in [0.15, 0.2) is 65.4 Å². The number of hydrogen-bond donors (Lipinski definition) is 0. The molecule has 24 heavy (non-hydrogen) atoms. The molecule has 2 aromatic carbocycles. The van der Waals surface area contributed by atoms with Crippen molar-refractivity contribution in [2.45, 2.75) is 12.8 Å². The standard InChI is InChI=1S/C17H12BrF3N2O/c18-13-7-4-8-14(23-10-9-22-16(23)17(19,20)21)15(13)24-11-12-5-2-1-3-6-12/h1-10H,11H2. The lowest BCUT2D eigenvalue weighted by Crippen LogP contribution is -2.14. The summed E-state index contributed by atoms with van der Waals surface area (Å²) in [4.78, 5) is 3.42. The van der Waals surface area contributed by atoms with Gasteiger partial charge in [-0.25, -0.2) is 4.98 Å². The summed E-state index contributed by atoms with van der Waals surface area (Å²) in [5, 5.41) is 0. The van der Waals surface area contributed by atoms with E-state index >= 15 is 0 Å². The third-order valence-corrected chi connectivity index (χ3v) is 3.95. The second-order valence-electron chi connectivity index (χ2n) is 4.98. The van der Waals surface area contributed by atoms with Crippen molar-refractivity contribution in [3.63, 3.8) is 0 Å². The molecule has 0 aliphatic carbocycles. The Hall–Kier alpha value is -2.28. The van der Waals surface area contributed by atoms with Gasteiger partial charge < -0.3 is 4.74 Å². The van der Waals surface area contributed by atoms with Crippen molar-refractivity contribution in [2.75, 3.05) is 0 Å². The average Bonchev–Trinajstić information content (AvgIpc) is 3.04. The molecule has 0 aliphatic heterocycles. The summed E-state index contributed by atoms with van der Waals surface area (Å²) in [5.41, 5.74) is 1.19. The molecule has 3 aromatic rings. The van der Waals surface area contributed by atoms with Gasteiger partial charge in [-0.05, 0) is 33.6 Å². The Labute approximate surface area is 144 Å². The molecule has 0 aliphatic rings. The number of para-hydroxylation sites is 1. The van der Waals surface area contributed by atoms with Gasteiger partial charge in [-0.3, -0.25) is 4.57 Å². The van der Waals surface area contributed by atoms with Crippen LogP contribution in [0.2, 0.25) is 0 Å². The highest BCUT2D eigenvalue weighted by atomic mass is 79.9. The summed E-state index contributed by atoms with van der Waals surface area (Å²) in [5.74, 6) is -0.671. The fourth-order valence-corrected chi connectivity index (χ4v) is 2.74. The van der Waals surface area contributed by atoms with Crippen LogP contribution in [0, 0.1) is 0 Å². The van der Waals surface area contributed by atoms with Crippen molar-refractivity contribution in [2.24, 2.45) is 0 Å². The van der Waals surface area contributed by atoms with Crippen molar-refractivity contribution < 1.29 is 17.9 Å². The number of imidazole rings is 1. The second-order valence-corrected chi connectivity index (χ2v) is 5.84. The summed E-state index contributed by atoms with van der Waals surface area (Å²) in [6.45, 7) is 0.243. The molecule has 0 spiro atoms. The predicted molar refractivity (Wildman–Crippen MR) is 87.0 cm³/mol. The molecule has 7 heteroatoms. The highest BCUT2D eigenvalue weighted by Gasteiger charge is 2.37. The lowest BCUT2D eigenvalue weighted by atomic mass is 10.2. The van der Waals surface area contributed by atoms with Crippen molar-refractivity contribution in [1.29, 1.82) is 0 Å². The van der Waals surface area contributed by atoms with Crippen LogP contribution in [0.3, 0.4) is 0 Å². The Morgan fingerprint density at radius 2 is 1.79 bits per heavy atom. The molecule has 1 heterocycles. The molecule has 0 radical (unpaired) electrons. The maximum Gasteiger partial charge on any atom is 0.450 e. The molecule has 0 atom stereocenters. The molecular formula is C17H12BrF3N2O. The lowest BCUT2D eigenvalue weighted by molar-refractivity contribution is -0.145. The lowest BCUT2D eigenvalue weighted by Gasteiger charge is -2.16. The molecular weight excluding hydrogens is 385 g/mol. The van der Waals surface area contributed by atoms with Gasteiger partial charge >= 0.3 is 6.18 Å². The molecule has 3 rings (SSSR count). The maximum atomic E-state index is 13.1. The van der Waals surface area contributed by atoms with E-state index in [2.05, 4.69) is 20.9 Å². The molecule has 0 fully saturated rings. The summed E-state index contributed by atoms with van der Waals surface area (Å²) in [7, 11) is 0. The Morgan fingerprint density at radius 1 is 1.04 bits per heavy atom. The van der Waals surface area contributed by atoms with Gasteiger partial charge in [0, 0.05) is 12.4 Å². The van der Waals surface area contributed by atoms with Gasteiger partial charge in [0.15, 0.2) is 5.75 Å². The number of benzene rings is 2. The van der Waals surface area contributed by atoms with Crippen LogP contribution >= 0.6 is 15.9 Å². The van der Waals surface area contributed by atoms with Crippen LogP contribution < -0.4 is 4.74 Å². The molecule has 0 saturated heterocycles. The first-order valence-electron chi connectivity index (χ1n) is 7.03. The molecule has 0 saturated carbocycles. The van der Waals surface area contributed by atoms with Crippen molar-refractivity contribution in [1.82, 2.24) is 9.55 Å². The van der Waals surface area contributed by atoms with Gasteiger partial charge in [-0.1, -0.05) is 36.4 Å². The third-order valence-electron chi connectivity index (χ3n) is 3.33. The van der Waals surface area contributed by atoms with Crippen molar-refractivity contribution in [3.8, 4) is 11.4 Å². The van der Waals surface area contributed by atoms with Gasteiger partial charge in [-0.2, -0.15) is 13.2 Å². The smallest absolute Gasteiger partial charge is 0.450 e. The van der Waals surface area contributed by atoms with E-state index in [1.165, 1.54) is 6.20 Å². The maximum absolute atomic E-state index is 13.1. The van der Waals surface area contributed by atoms with Crippen LogP contribution in [0.25, 0.3) is 5.69 Å². The summed E-state index contributed by atoms with van der Waals surface area (Å²) in [6, 6.07) is 14.3. The van der Waals surface area contributed by atoms with E-state index in [0.29, 0.717) is 10.2 Å². The van der Waals surface area contributed by atoms with Gasteiger partial charge in [-0.15, -0.1) is 0 Å². The molecule has 0 N–H and O–H groups in total. The molecule has 1 aromatic heterocycles. The van der Waals surface area contributed by atoms with Crippen molar-refractivity contribution >= 4 is 15.9 Å². The molecule has 3 nitrogen and oxygen atoms in total. The fraction of sp³-hybridized carbons (Fsp3) is 0.118. The van der Waals surface area contributed by atoms with E-state index in [1.54, 1.807) is 18.2 Å². The molecule has 0 unspecified atom stereocenters. The Morgan fingerprint density at radius 3 is 2.50 bits per heavy atom. The zero-order valence-electron chi connectivity index (χ0n) is 12.3. The topological polar surface area (TPSA) is 27.1 Å². The van der Waals surface area contributed by atoms with Gasteiger partial charge in [0.2, 0.25) is 5.82 Å². The predicted octanol–water partition coefficient (Wildman–Crippen LogP) is 5.23. The number of rotatable bonds is 4. The summed E-state index contributed by atoms with van der Waals surface area (Å²) >= 11 is 3.34. The van der Waals surface area contributed by atoms with E-state index in [-0.39, 0.29) is 12.3 Å². The highest BCUT2D eigenvalue weighted by molar-refractivity contribution is 9.10. The minimum absolute atomic E-state index is 0.243. The number of halogens is 4. The minimum atomic E-state index is -4.55. The monoisotopic (exact) mass is 396 g/mol. The Kier molecular flexibility index (Phi) is 4.62. The largest absolute Gasteiger partial charge is 0.486 e. The molecule has 0 amide bonds. The van der Waals surface area contributed by atoms with Crippen molar-refractivity contribution in [3.05, 3.63) is 76.8 Å². The molecule has 124 valence electrons. The number of alkyl halides is 3. The van der Waals surface area contributed by atoms with Crippen LogP contribution in [0.1, 0.15) is 11.4 Å². The Bertz CT molecular complexity index is 831. The van der Waals surface area contributed by atoms with Crippen LogP contribution in [-0.2, 0) is 12.8 Å². The summed E-state index contributed by atoms with van der Waals surface area (Å²) < 4.78 is 46.7. The van der Waals surface area contributed by atoms with Gasteiger partial charge in [0.05, 0.1) is 10.2 Å². The van der Waals surface area contributed by atoms with E-state index in [0.717, 1.165) is 16.3 Å². The first kappa shape index (κ1) is 16.6. The Balaban J connectivity index is 1.98. The van der Waals surface area contributed by atoms with Crippen LogP contribution in [0.5, 0.6) is 5.75 Å². The third kappa shape index (κ3) is 3.46. The number of ether oxygens (including phenoxy) is 1.